The topological polar surface area (TPSA) is 67.5 Å². The maximum atomic E-state index is 13.0. The van der Waals surface area contributed by atoms with Crippen LogP contribution < -0.4 is 15.2 Å². The predicted molar refractivity (Wildman–Crippen MR) is 125 cm³/mol. The molecule has 2 aliphatic rings. The van der Waals surface area contributed by atoms with Crippen molar-refractivity contribution in [3.63, 3.8) is 0 Å². The number of aromatic nitrogens is 1. The molecular formula is C26H27N3O3. The second-order valence-electron chi connectivity index (χ2n) is 8.75. The summed E-state index contributed by atoms with van der Waals surface area (Å²) < 4.78 is 12.3. The van der Waals surface area contributed by atoms with Crippen LogP contribution in [-0.4, -0.2) is 38.0 Å². The third-order valence-corrected chi connectivity index (χ3v) is 7.01. The van der Waals surface area contributed by atoms with E-state index >= 15 is 0 Å². The van der Waals surface area contributed by atoms with Gasteiger partial charge >= 0.3 is 0 Å². The van der Waals surface area contributed by atoms with Crippen LogP contribution in [0.15, 0.2) is 47.3 Å². The highest BCUT2D eigenvalue weighted by Gasteiger charge is 2.27. The zero-order valence-corrected chi connectivity index (χ0v) is 18.5. The maximum absolute atomic E-state index is 13.0. The molecule has 0 spiro atoms. The van der Waals surface area contributed by atoms with E-state index in [4.69, 9.17) is 9.47 Å². The Bertz CT molecular complexity index is 1240. The van der Waals surface area contributed by atoms with Gasteiger partial charge in [0.15, 0.2) is 0 Å². The van der Waals surface area contributed by atoms with Crippen LogP contribution in [0.5, 0.6) is 5.75 Å². The Morgan fingerprint density at radius 2 is 1.72 bits per heavy atom. The molecule has 6 nitrogen and oxygen atoms in total. The third-order valence-electron chi connectivity index (χ3n) is 7.01. The molecule has 5 rings (SSSR count). The van der Waals surface area contributed by atoms with E-state index in [0.29, 0.717) is 11.8 Å². The van der Waals surface area contributed by atoms with E-state index in [2.05, 4.69) is 35.2 Å². The van der Waals surface area contributed by atoms with Gasteiger partial charge in [-0.1, -0.05) is 18.2 Å². The van der Waals surface area contributed by atoms with Crippen LogP contribution in [0.2, 0.25) is 0 Å². The maximum Gasteiger partial charge on any atom is 0.270 e. The number of pyridine rings is 1. The van der Waals surface area contributed by atoms with Gasteiger partial charge in [0, 0.05) is 31.4 Å². The number of ether oxygens (including phenoxy) is 2. The molecule has 3 aromatic rings. The van der Waals surface area contributed by atoms with Crippen molar-refractivity contribution in [2.45, 2.75) is 24.7 Å². The summed E-state index contributed by atoms with van der Waals surface area (Å²) in [5.41, 5.74) is 4.19. The first-order chi connectivity index (χ1) is 15.6. The van der Waals surface area contributed by atoms with Gasteiger partial charge in [-0.2, -0.15) is 5.26 Å². The number of piperidine rings is 1. The van der Waals surface area contributed by atoms with Crippen molar-refractivity contribution in [2.24, 2.45) is 7.05 Å². The van der Waals surface area contributed by atoms with Crippen molar-refractivity contribution < 1.29 is 9.47 Å². The van der Waals surface area contributed by atoms with Gasteiger partial charge in [0.2, 0.25) is 0 Å². The molecule has 32 heavy (non-hydrogen) atoms. The Kier molecular flexibility index (Phi) is 5.36. The smallest absolute Gasteiger partial charge is 0.270 e. The molecule has 3 heterocycles. The van der Waals surface area contributed by atoms with Gasteiger partial charge < -0.3 is 18.9 Å². The van der Waals surface area contributed by atoms with E-state index in [1.54, 1.807) is 18.7 Å². The molecule has 2 aliphatic heterocycles. The Morgan fingerprint density at radius 3 is 2.31 bits per heavy atom. The van der Waals surface area contributed by atoms with Crippen LogP contribution in [0.25, 0.3) is 10.9 Å². The van der Waals surface area contributed by atoms with Crippen molar-refractivity contribution in [3.05, 3.63) is 69.5 Å². The van der Waals surface area contributed by atoms with Gasteiger partial charge in [-0.25, -0.2) is 0 Å². The molecule has 6 heteroatoms. The lowest BCUT2D eigenvalue weighted by Gasteiger charge is -2.35. The molecule has 0 atom stereocenters. The second kappa shape index (κ2) is 8.33. The number of fused-ring (bicyclic) bond motifs is 1. The van der Waals surface area contributed by atoms with E-state index in [-0.39, 0.29) is 11.1 Å². The fourth-order valence-electron chi connectivity index (χ4n) is 4.97. The molecule has 2 saturated heterocycles. The molecule has 0 bridgehead atoms. The van der Waals surface area contributed by atoms with Crippen molar-refractivity contribution in [3.8, 4) is 11.8 Å². The number of nitriles is 1. The summed E-state index contributed by atoms with van der Waals surface area (Å²) >= 11 is 0. The molecular weight excluding hydrogens is 402 g/mol. The monoisotopic (exact) mass is 429 g/mol. The summed E-state index contributed by atoms with van der Waals surface area (Å²) in [5, 5.41) is 10.9. The van der Waals surface area contributed by atoms with Gasteiger partial charge in [-0.3, -0.25) is 4.79 Å². The summed E-state index contributed by atoms with van der Waals surface area (Å²) in [6, 6.07) is 16.8. The number of rotatable bonds is 4. The van der Waals surface area contributed by atoms with Gasteiger partial charge in [-0.05, 0) is 54.2 Å². The number of benzene rings is 2. The van der Waals surface area contributed by atoms with Crippen LogP contribution in [0.4, 0.5) is 5.69 Å². The largest absolute Gasteiger partial charge is 0.497 e. The quantitative estimate of drug-likeness (QED) is 0.629. The lowest BCUT2D eigenvalue weighted by molar-refractivity contribution is 0.00847. The molecule has 0 radical (unpaired) electrons. The molecule has 2 fully saturated rings. The van der Waals surface area contributed by atoms with Crippen molar-refractivity contribution in [1.82, 2.24) is 4.57 Å². The average molecular weight is 430 g/mol. The van der Waals surface area contributed by atoms with Crippen molar-refractivity contribution in [2.75, 3.05) is 38.3 Å². The highest BCUT2D eigenvalue weighted by molar-refractivity contribution is 5.95. The van der Waals surface area contributed by atoms with Crippen LogP contribution >= 0.6 is 0 Å². The summed E-state index contributed by atoms with van der Waals surface area (Å²) in [6.07, 6.45) is 1.95. The van der Waals surface area contributed by atoms with Crippen LogP contribution in [0, 0.1) is 11.3 Å². The Morgan fingerprint density at radius 1 is 1.03 bits per heavy atom. The molecule has 2 aromatic carbocycles. The summed E-state index contributed by atoms with van der Waals surface area (Å²) in [4.78, 5) is 15.2. The first-order valence-electron chi connectivity index (χ1n) is 11.1. The molecule has 0 saturated carbocycles. The van der Waals surface area contributed by atoms with E-state index in [1.807, 2.05) is 18.2 Å². The highest BCUT2D eigenvalue weighted by Crippen LogP contribution is 2.37. The van der Waals surface area contributed by atoms with Gasteiger partial charge in [0.1, 0.15) is 17.4 Å². The molecule has 1 aromatic heterocycles. The SMILES string of the molecule is COc1ccc(C2CCN(c3c(C#N)c(=O)n(C)c4ccc(C5COC5)cc34)CC2)cc1. The molecule has 164 valence electrons. The predicted octanol–water partition coefficient (Wildman–Crippen LogP) is 3.92. The highest BCUT2D eigenvalue weighted by atomic mass is 16.5. The van der Waals surface area contributed by atoms with Crippen LogP contribution in [-0.2, 0) is 11.8 Å². The fraction of sp³-hybridized carbons (Fsp3) is 0.385. The first kappa shape index (κ1) is 20.6. The van der Waals surface area contributed by atoms with Crippen molar-refractivity contribution >= 4 is 16.6 Å². The van der Waals surface area contributed by atoms with E-state index in [9.17, 15) is 10.1 Å². The Hall–Kier alpha value is -3.30. The minimum atomic E-state index is -0.230. The standard InChI is InChI=1S/C26H27N3O3/c1-28-24-8-5-19(20-15-32-16-20)13-22(24)25(23(14-27)26(28)30)29-11-9-18(10-12-29)17-3-6-21(31-2)7-4-17/h3-8,13,18,20H,9-12,15-16H2,1-2H3. The molecule has 0 N–H and O–H groups in total. The number of anilines is 1. The zero-order chi connectivity index (χ0) is 22.2. The first-order valence-corrected chi connectivity index (χ1v) is 11.1. The molecule has 0 unspecified atom stereocenters. The number of methoxy groups -OCH3 is 1. The minimum Gasteiger partial charge on any atom is -0.497 e. The number of hydrogen-bond donors (Lipinski definition) is 0. The normalized spacial score (nSPS) is 17.2. The Balaban J connectivity index is 1.50. The zero-order valence-electron chi connectivity index (χ0n) is 18.5. The summed E-state index contributed by atoms with van der Waals surface area (Å²) in [5.74, 6) is 1.71. The third kappa shape index (κ3) is 3.43. The van der Waals surface area contributed by atoms with Gasteiger partial charge in [-0.15, -0.1) is 0 Å². The van der Waals surface area contributed by atoms with E-state index in [1.165, 1.54) is 11.1 Å². The number of hydrogen-bond acceptors (Lipinski definition) is 5. The van der Waals surface area contributed by atoms with E-state index in [0.717, 1.165) is 61.5 Å². The number of aryl methyl sites for hydroxylation is 1. The lowest BCUT2D eigenvalue weighted by Crippen LogP contribution is -2.36. The number of nitrogens with zero attached hydrogens (tertiary/aromatic N) is 3. The van der Waals surface area contributed by atoms with Crippen LogP contribution in [0.3, 0.4) is 0 Å². The summed E-state index contributed by atoms with van der Waals surface area (Å²) in [7, 11) is 3.43. The molecule has 0 aliphatic carbocycles. The summed E-state index contributed by atoms with van der Waals surface area (Å²) in [6.45, 7) is 3.07. The van der Waals surface area contributed by atoms with Crippen LogP contribution in [0.1, 0.15) is 41.4 Å². The Labute approximate surface area is 187 Å². The van der Waals surface area contributed by atoms with Gasteiger partial charge in [0.05, 0.1) is 31.5 Å². The minimum absolute atomic E-state index is 0.230. The van der Waals surface area contributed by atoms with Crippen molar-refractivity contribution in [1.29, 1.82) is 5.26 Å². The average Bonchev–Trinajstić information content (AvgIpc) is 2.80. The van der Waals surface area contributed by atoms with E-state index < -0.39 is 0 Å². The van der Waals surface area contributed by atoms with Gasteiger partial charge in [0.25, 0.3) is 5.56 Å². The molecule has 0 amide bonds. The fourth-order valence-corrected chi connectivity index (χ4v) is 4.97. The lowest BCUT2D eigenvalue weighted by atomic mass is 9.88. The second-order valence-corrected chi connectivity index (χ2v) is 8.75.